The zero-order valence-corrected chi connectivity index (χ0v) is 13.2. The van der Waals surface area contributed by atoms with Crippen molar-refractivity contribution in [2.75, 3.05) is 7.11 Å². The van der Waals surface area contributed by atoms with Crippen LogP contribution in [-0.4, -0.2) is 7.11 Å². The van der Waals surface area contributed by atoms with E-state index in [1.807, 2.05) is 6.92 Å². The van der Waals surface area contributed by atoms with Crippen LogP contribution in [0.3, 0.4) is 0 Å². The Bertz CT molecular complexity index is 643. The Morgan fingerprint density at radius 2 is 1.75 bits per heavy atom. The molecule has 0 heterocycles. The van der Waals surface area contributed by atoms with Crippen molar-refractivity contribution in [1.29, 1.82) is 0 Å². The maximum atomic E-state index is 13.9. The molecule has 0 bridgehead atoms. The second-order valence-electron chi connectivity index (χ2n) is 4.40. The lowest BCUT2D eigenvalue weighted by molar-refractivity contribution is 0.415. The monoisotopic (exact) mass is 332 g/mol. The summed E-state index contributed by atoms with van der Waals surface area (Å²) in [5.41, 5.74) is 1.83. The average molecular weight is 334 g/mol. The fourth-order valence-corrected chi connectivity index (χ4v) is 2.84. The standard InChI is InChI=1S/C15H12Cl3FO/c1-8-3-4-13(19)10(5-8)15(18)9-6-12(17)14(20-2)7-11(9)16/h3-7,15H,1-2H3. The molecule has 5 heteroatoms. The molecule has 1 nitrogen and oxygen atoms in total. The van der Waals surface area contributed by atoms with E-state index in [2.05, 4.69) is 0 Å². The van der Waals surface area contributed by atoms with Crippen LogP contribution in [-0.2, 0) is 0 Å². The molecule has 0 aromatic heterocycles. The van der Waals surface area contributed by atoms with Crippen LogP contribution in [0.25, 0.3) is 0 Å². The van der Waals surface area contributed by atoms with Gasteiger partial charge in [-0.25, -0.2) is 4.39 Å². The van der Waals surface area contributed by atoms with E-state index >= 15 is 0 Å². The second kappa shape index (κ2) is 6.21. The van der Waals surface area contributed by atoms with Gasteiger partial charge in [0.2, 0.25) is 0 Å². The van der Waals surface area contributed by atoms with Crippen LogP contribution in [0.1, 0.15) is 22.1 Å². The molecule has 0 spiro atoms. The number of alkyl halides is 1. The summed E-state index contributed by atoms with van der Waals surface area (Å²) in [5, 5.41) is 0.0450. The summed E-state index contributed by atoms with van der Waals surface area (Å²) in [5.74, 6) is 0.0765. The van der Waals surface area contributed by atoms with Gasteiger partial charge in [-0.2, -0.15) is 0 Å². The first-order valence-corrected chi connectivity index (χ1v) is 7.06. The van der Waals surface area contributed by atoms with Gasteiger partial charge in [-0.15, -0.1) is 11.6 Å². The quantitative estimate of drug-likeness (QED) is 0.647. The van der Waals surface area contributed by atoms with Crippen molar-refractivity contribution >= 4 is 34.8 Å². The van der Waals surface area contributed by atoms with Gasteiger partial charge < -0.3 is 4.74 Å². The minimum Gasteiger partial charge on any atom is -0.495 e. The van der Waals surface area contributed by atoms with Crippen LogP contribution in [0.4, 0.5) is 4.39 Å². The smallest absolute Gasteiger partial charge is 0.138 e. The molecule has 0 amide bonds. The van der Waals surface area contributed by atoms with Crippen molar-refractivity contribution in [2.45, 2.75) is 12.3 Å². The highest BCUT2D eigenvalue weighted by Gasteiger charge is 2.20. The molecule has 0 saturated heterocycles. The number of hydrogen-bond donors (Lipinski definition) is 0. The Morgan fingerprint density at radius 3 is 2.40 bits per heavy atom. The predicted molar refractivity (Wildman–Crippen MR) is 81.8 cm³/mol. The highest BCUT2D eigenvalue weighted by Crippen LogP contribution is 2.40. The summed E-state index contributed by atoms with van der Waals surface area (Å²) in [4.78, 5) is 0. The fraction of sp³-hybridized carbons (Fsp3) is 0.200. The number of rotatable bonds is 3. The molecule has 0 aliphatic rings. The summed E-state index contributed by atoms with van der Waals surface area (Å²) < 4.78 is 19.0. The van der Waals surface area contributed by atoms with Crippen molar-refractivity contribution in [3.05, 3.63) is 62.9 Å². The van der Waals surface area contributed by atoms with Gasteiger partial charge in [-0.3, -0.25) is 0 Å². The fourth-order valence-electron chi connectivity index (χ4n) is 1.92. The molecule has 0 aliphatic heterocycles. The van der Waals surface area contributed by atoms with Crippen LogP contribution < -0.4 is 4.74 Å². The molecule has 0 N–H and O–H groups in total. The highest BCUT2D eigenvalue weighted by molar-refractivity contribution is 6.36. The summed E-state index contributed by atoms with van der Waals surface area (Å²) in [6.45, 7) is 1.87. The summed E-state index contributed by atoms with van der Waals surface area (Å²) in [6.07, 6.45) is 0. The Kier molecular flexibility index (Phi) is 4.79. The number of ether oxygens (including phenoxy) is 1. The highest BCUT2D eigenvalue weighted by atomic mass is 35.5. The van der Waals surface area contributed by atoms with E-state index in [-0.39, 0.29) is 5.82 Å². The molecule has 0 radical (unpaired) electrons. The van der Waals surface area contributed by atoms with Gasteiger partial charge in [0.15, 0.2) is 0 Å². The molecule has 0 fully saturated rings. The Labute approximate surface area is 132 Å². The molecular weight excluding hydrogens is 322 g/mol. The molecule has 2 rings (SSSR count). The normalized spacial score (nSPS) is 12.3. The Morgan fingerprint density at radius 1 is 1.05 bits per heavy atom. The third-order valence-electron chi connectivity index (χ3n) is 2.97. The largest absolute Gasteiger partial charge is 0.495 e. The molecule has 1 atom stereocenters. The number of halogens is 4. The molecule has 0 aliphatic carbocycles. The van der Waals surface area contributed by atoms with Crippen LogP contribution in [0.15, 0.2) is 30.3 Å². The lowest BCUT2D eigenvalue weighted by Gasteiger charge is -2.15. The van der Waals surface area contributed by atoms with Gasteiger partial charge in [0.05, 0.1) is 17.5 Å². The van der Waals surface area contributed by atoms with E-state index in [0.717, 1.165) is 5.56 Å². The van der Waals surface area contributed by atoms with Crippen molar-refractivity contribution in [3.63, 3.8) is 0 Å². The van der Waals surface area contributed by atoms with Crippen molar-refractivity contribution in [3.8, 4) is 5.75 Å². The number of methoxy groups -OCH3 is 1. The number of aryl methyl sites for hydroxylation is 1. The third kappa shape index (κ3) is 3.03. The average Bonchev–Trinajstić information content (AvgIpc) is 2.42. The van der Waals surface area contributed by atoms with E-state index in [1.165, 1.54) is 13.2 Å². The van der Waals surface area contributed by atoms with E-state index in [1.54, 1.807) is 24.3 Å². The van der Waals surface area contributed by atoms with Crippen LogP contribution in [0, 0.1) is 12.7 Å². The van der Waals surface area contributed by atoms with Crippen LogP contribution in [0.5, 0.6) is 5.75 Å². The first-order valence-electron chi connectivity index (χ1n) is 5.87. The summed E-state index contributed by atoms with van der Waals surface area (Å²) >= 11 is 18.6. The van der Waals surface area contributed by atoms with Crippen LogP contribution in [0.2, 0.25) is 10.0 Å². The number of benzene rings is 2. The Hall–Kier alpha value is -0.960. The zero-order valence-electron chi connectivity index (χ0n) is 10.9. The number of hydrogen-bond acceptors (Lipinski definition) is 1. The zero-order chi connectivity index (χ0) is 14.9. The first kappa shape index (κ1) is 15.4. The van der Waals surface area contributed by atoms with Crippen molar-refractivity contribution in [1.82, 2.24) is 0 Å². The van der Waals surface area contributed by atoms with Crippen molar-refractivity contribution in [2.24, 2.45) is 0 Å². The molecule has 0 saturated carbocycles. The SMILES string of the molecule is COc1cc(Cl)c(C(Cl)c2cc(C)ccc2F)cc1Cl. The van der Waals surface area contributed by atoms with Crippen LogP contribution >= 0.6 is 34.8 Å². The molecule has 2 aromatic rings. The minimum atomic E-state index is -0.717. The molecule has 20 heavy (non-hydrogen) atoms. The summed E-state index contributed by atoms with van der Waals surface area (Å²) in [7, 11) is 1.50. The van der Waals surface area contributed by atoms with Gasteiger partial charge in [-0.05, 0) is 24.6 Å². The van der Waals surface area contributed by atoms with Crippen molar-refractivity contribution < 1.29 is 9.13 Å². The van der Waals surface area contributed by atoms with E-state index in [4.69, 9.17) is 39.5 Å². The second-order valence-corrected chi connectivity index (χ2v) is 5.65. The molecular formula is C15H12Cl3FO. The summed E-state index contributed by atoms with van der Waals surface area (Å²) in [6, 6.07) is 7.94. The minimum absolute atomic E-state index is 0.370. The molecule has 1 unspecified atom stereocenters. The predicted octanol–water partition coefficient (Wildman–Crippen LogP) is 5.78. The lowest BCUT2D eigenvalue weighted by atomic mass is 10.0. The maximum absolute atomic E-state index is 13.9. The molecule has 2 aromatic carbocycles. The van der Waals surface area contributed by atoms with Gasteiger partial charge in [-0.1, -0.05) is 40.9 Å². The van der Waals surface area contributed by atoms with Gasteiger partial charge >= 0.3 is 0 Å². The first-order chi connectivity index (χ1) is 9.43. The van der Waals surface area contributed by atoms with E-state index < -0.39 is 5.38 Å². The van der Waals surface area contributed by atoms with Gasteiger partial charge in [0.1, 0.15) is 11.6 Å². The van der Waals surface area contributed by atoms with Gasteiger partial charge in [0.25, 0.3) is 0 Å². The third-order valence-corrected chi connectivity index (χ3v) is 4.06. The Balaban J connectivity index is 2.50. The maximum Gasteiger partial charge on any atom is 0.138 e. The van der Waals surface area contributed by atoms with Gasteiger partial charge in [0, 0.05) is 16.7 Å². The van der Waals surface area contributed by atoms with E-state index in [9.17, 15) is 4.39 Å². The lowest BCUT2D eigenvalue weighted by Crippen LogP contribution is -1.99. The van der Waals surface area contributed by atoms with E-state index in [0.29, 0.717) is 26.9 Å². The molecule has 106 valence electrons. The topological polar surface area (TPSA) is 9.23 Å².